The van der Waals surface area contributed by atoms with E-state index in [1.807, 2.05) is 0 Å². The van der Waals surface area contributed by atoms with Crippen molar-refractivity contribution in [3.63, 3.8) is 0 Å². The van der Waals surface area contributed by atoms with Gasteiger partial charge in [-0.1, -0.05) is 6.92 Å². The highest BCUT2D eigenvalue weighted by Crippen LogP contribution is 2.32. The van der Waals surface area contributed by atoms with E-state index < -0.39 is 5.97 Å². The standard InChI is InChI=1S/C8H14O3/c1-8(3-2-7(9)10)4-5-11-6-8/h2-6H2,1H3,(H,9,10)/t8-/m1/s1. The van der Waals surface area contributed by atoms with Gasteiger partial charge in [-0.15, -0.1) is 0 Å². The second kappa shape index (κ2) is 3.22. The molecule has 0 spiro atoms. The van der Waals surface area contributed by atoms with Crippen molar-refractivity contribution in [2.24, 2.45) is 5.41 Å². The average Bonchev–Trinajstić information content (AvgIpc) is 2.33. The second-order valence-corrected chi connectivity index (χ2v) is 3.51. The van der Waals surface area contributed by atoms with Gasteiger partial charge >= 0.3 is 5.97 Å². The van der Waals surface area contributed by atoms with E-state index in [0.717, 1.165) is 26.1 Å². The summed E-state index contributed by atoms with van der Waals surface area (Å²) < 4.78 is 5.20. The van der Waals surface area contributed by atoms with E-state index in [0.29, 0.717) is 0 Å². The highest BCUT2D eigenvalue weighted by atomic mass is 16.5. The van der Waals surface area contributed by atoms with Crippen LogP contribution in [0.15, 0.2) is 0 Å². The van der Waals surface area contributed by atoms with Gasteiger partial charge in [-0.3, -0.25) is 4.79 Å². The first kappa shape index (κ1) is 8.53. The Morgan fingerprint density at radius 3 is 2.91 bits per heavy atom. The predicted molar refractivity (Wildman–Crippen MR) is 40.4 cm³/mol. The summed E-state index contributed by atoms with van der Waals surface area (Å²) in [6, 6.07) is 0. The molecule has 1 rings (SSSR count). The molecule has 0 aromatic carbocycles. The van der Waals surface area contributed by atoms with Gasteiger partial charge in [0.25, 0.3) is 0 Å². The minimum atomic E-state index is -0.710. The molecule has 0 unspecified atom stereocenters. The number of carboxylic acids is 1. The molecule has 1 N–H and O–H groups in total. The molecule has 0 aromatic rings. The molecule has 0 saturated carbocycles. The summed E-state index contributed by atoms with van der Waals surface area (Å²) in [6.07, 6.45) is 2.00. The maximum atomic E-state index is 10.3. The van der Waals surface area contributed by atoms with Crippen LogP contribution >= 0.6 is 0 Å². The Morgan fingerprint density at radius 2 is 2.45 bits per heavy atom. The third-order valence-corrected chi connectivity index (χ3v) is 2.24. The van der Waals surface area contributed by atoms with Crippen LogP contribution in [0.25, 0.3) is 0 Å². The van der Waals surface area contributed by atoms with Crippen LogP contribution in [0.1, 0.15) is 26.2 Å². The molecule has 1 aliphatic heterocycles. The van der Waals surface area contributed by atoms with Crippen molar-refractivity contribution in [1.29, 1.82) is 0 Å². The lowest BCUT2D eigenvalue weighted by Crippen LogP contribution is -2.17. The molecular weight excluding hydrogens is 144 g/mol. The Kier molecular flexibility index (Phi) is 2.49. The lowest BCUT2D eigenvalue weighted by Gasteiger charge is -2.19. The first-order valence-electron chi connectivity index (χ1n) is 3.92. The Balaban J connectivity index is 2.28. The van der Waals surface area contributed by atoms with E-state index in [1.54, 1.807) is 0 Å². The molecule has 0 aliphatic carbocycles. The molecule has 1 heterocycles. The van der Waals surface area contributed by atoms with Crippen molar-refractivity contribution in [2.45, 2.75) is 26.2 Å². The molecule has 1 atom stereocenters. The van der Waals surface area contributed by atoms with Gasteiger partial charge in [-0.25, -0.2) is 0 Å². The molecule has 0 bridgehead atoms. The van der Waals surface area contributed by atoms with Gasteiger partial charge in [0.1, 0.15) is 0 Å². The number of rotatable bonds is 3. The van der Waals surface area contributed by atoms with Crippen LogP contribution in [0.2, 0.25) is 0 Å². The number of carboxylic acid groups (broad SMARTS) is 1. The summed E-state index contributed by atoms with van der Waals surface area (Å²) in [5, 5.41) is 8.45. The van der Waals surface area contributed by atoms with Crippen molar-refractivity contribution < 1.29 is 14.6 Å². The molecule has 0 amide bonds. The Hall–Kier alpha value is -0.570. The Morgan fingerprint density at radius 1 is 1.73 bits per heavy atom. The highest BCUT2D eigenvalue weighted by molar-refractivity contribution is 5.66. The molecule has 0 radical (unpaired) electrons. The van der Waals surface area contributed by atoms with Crippen molar-refractivity contribution in [2.75, 3.05) is 13.2 Å². The number of ether oxygens (including phenoxy) is 1. The summed E-state index contributed by atoms with van der Waals surface area (Å²) in [5.41, 5.74) is 0.123. The van der Waals surface area contributed by atoms with E-state index in [9.17, 15) is 4.79 Å². The van der Waals surface area contributed by atoms with E-state index in [1.165, 1.54) is 0 Å². The van der Waals surface area contributed by atoms with Crippen LogP contribution < -0.4 is 0 Å². The fourth-order valence-electron chi connectivity index (χ4n) is 1.32. The molecule has 11 heavy (non-hydrogen) atoms. The maximum Gasteiger partial charge on any atom is 0.303 e. The SMILES string of the molecule is C[C@@]1(CCC(=O)O)CCOC1. The second-order valence-electron chi connectivity index (χ2n) is 3.51. The summed E-state index contributed by atoms with van der Waals surface area (Å²) in [5.74, 6) is -0.710. The van der Waals surface area contributed by atoms with Gasteiger partial charge in [-0.05, 0) is 18.3 Å². The van der Waals surface area contributed by atoms with Gasteiger partial charge in [0.2, 0.25) is 0 Å². The zero-order valence-electron chi connectivity index (χ0n) is 6.80. The molecule has 1 aliphatic rings. The quantitative estimate of drug-likeness (QED) is 0.673. The number of hydrogen-bond donors (Lipinski definition) is 1. The number of carbonyl (C=O) groups is 1. The largest absolute Gasteiger partial charge is 0.481 e. The summed E-state index contributed by atoms with van der Waals surface area (Å²) in [4.78, 5) is 10.3. The summed E-state index contributed by atoms with van der Waals surface area (Å²) >= 11 is 0. The van der Waals surface area contributed by atoms with Crippen LogP contribution in [-0.4, -0.2) is 24.3 Å². The molecule has 0 aromatic heterocycles. The number of hydrogen-bond acceptors (Lipinski definition) is 2. The fourth-order valence-corrected chi connectivity index (χ4v) is 1.32. The molecule has 3 heteroatoms. The predicted octanol–water partition coefficient (Wildman–Crippen LogP) is 1.28. The fraction of sp³-hybridized carbons (Fsp3) is 0.875. The van der Waals surface area contributed by atoms with Crippen molar-refractivity contribution in [3.05, 3.63) is 0 Å². The van der Waals surface area contributed by atoms with Crippen molar-refractivity contribution in [1.82, 2.24) is 0 Å². The van der Waals surface area contributed by atoms with E-state index in [2.05, 4.69) is 6.92 Å². The van der Waals surface area contributed by atoms with Crippen LogP contribution in [0.4, 0.5) is 0 Å². The van der Waals surface area contributed by atoms with E-state index in [4.69, 9.17) is 9.84 Å². The smallest absolute Gasteiger partial charge is 0.303 e. The lowest BCUT2D eigenvalue weighted by molar-refractivity contribution is -0.137. The minimum absolute atomic E-state index is 0.123. The average molecular weight is 158 g/mol. The Bertz CT molecular complexity index is 147. The first-order chi connectivity index (χ1) is 5.12. The Labute approximate surface area is 66.4 Å². The monoisotopic (exact) mass is 158 g/mol. The van der Waals surface area contributed by atoms with Gasteiger partial charge in [0.15, 0.2) is 0 Å². The number of aliphatic carboxylic acids is 1. The first-order valence-corrected chi connectivity index (χ1v) is 3.92. The molecular formula is C8H14O3. The summed E-state index contributed by atoms with van der Waals surface area (Å²) in [6.45, 7) is 3.60. The molecule has 1 fully saturated rings. The van der Waals surface area contributed by atoms with Gasteiger partial charge in [0.05, 0.1) is 6.61 Å². The van der Waals surface area contributed by atoms with Gasteiger partial charge in [-0.2, -0.15) is 0 Å². The zero-order valence-corrected chi connectivity index (χ0v) is 6.80. The topological polar surface area (TPSA) is 46.5 Å². The zero-order chi connectivity index (χ0) is 8.32. The van der Waals surface area contributed by atoms with Crippen LogP contribution in [0, 0.1) is 5.41 Å². The van der Waals surface area contributed by atoms with E-state index in [-0.39, 0.29) is 11.8 Å². The van der Waals surface area contributed by atoms with Crippen molar-refractivity contribution in [3.8, 4) is 0 Å². The molecule has 3 nitrogen and oxygen atoms in total. The molecule has 1 saturated heterocycles. The minimum Gasteiger partial charge on any atom is -0.481 e. The van der Waals surface area contributed by atoms with Gasteiger partial charge < -0.3 is 9.84 Å². The highest BCUT2D eigenvalue weighted by Gasteiger charge is 2.29. The van der Waals surface area contributed by atoms with Crippen molar-refractivity contribution >= 4 is 5.97 Å². The van der Waals surface area contributed by atoms with E-state index >= 15 is 0 Å². The van der Waals surface area contributed by atoms with Gasteiger partial charge in [0, 0.05) is 13.0 Å². The maximum absolute atomic E-state index is 10.3. The summed E-state index contributed by atoms with van der Waals surface area (Å²) in [7, 11) is 0. The lowest BCUT2D eigenvalue weighted by atomic mass is 9.85. The third-order valence-electron chi connectivity index (χ3n) is 2.24. The normalized spacial score (nSPS) is 30.6. The van der Waals surface area contributed by atoms with Crippen LogP contribution in [-0.2, 0) is 9.53 Å². The third kappa shape index (κ3) is 2.50. The van der Waals surface area contributed by atoms with Crippen LogP contribution in [0.5, 0.6) is 0 Å². The van der Waals surface area contributed by atoms with Crippen LogP contribution in [0.3, 0.4) is 0 Å². The molecule has 64 valence electrons.